The van der Waals surface area contributed by atoms with Crippen molar-refractivity contribution in [3.63, 3.8) is 0 Å². The fourth-order valence-electron chi connectivity index (χ4n) is 2.65. The smallest absolute Gasteiger partial charge is 0.0828 e. The largest absolute Gasteiger partial charge is 0.412 e. The van der Waals surface area contributed by atoms with Gasteiger partial charge < -0.3 is 15.7 Å². The molecule has 0 bridgehead atoms. The Hall–Kier alpha value is -1.16. The van der Waals surface area contributed by atoms with E-state index in [0.717, 1.165) is 32.3 Å². The molecule has 0 aromatic carbocycles. The molecule has 19 heavy (non-hydrogen) atoms. The molecule has 0 unspecified atom stereocenters. The monoisotopic (exact) mass is 266 g/mol. The van der Waals surface area contributed by atoms with E-state index in [1.54, 1.807) is 0 Å². The summed E-state index contributed by atoms with van der Waals surface area (Å²) in [7, 11) is 0. The first kappa shape index (κ1) is 17.8. The van der Waals surface area contributed by atoms with Gasteiger partial charge in [0.15, 0.2) is 0 Å². The van der Waals surface area contributed by atoms with Gasteiger partial charge in [0.05, 0.1) is 12.7 Å². The molecule has 0 saturated carbocycles. The van der Waals surface area contributed by atoms with Crippen LogP contribution in [-0.2, 0) is 4.74 Å². The van der Waals surface area contributed by atoms with Gasteiger partial charge in [0.25, 0.3) is 0 Å². The second kappa shape index (κ2) is 8.10. The van der Waals surface area contributed by atoms with Crippen molar-refractivity contribution in [2.24, 2.45) is 5.92 Å². The third-order valence-corrected chi connectivity index (χ3v) is 3.78. The van der Waals surface area contributed by atoms with Crippen LogP contribution in [0.3, 0.4) is 0 Å². The molecular formula is C16H26O3. The molecule has 4 N–H and O–H groups in total. The van der Waals surface area contributed by atoms with E-state index in [9.17, 15) is 0 Å². The lowest BCUT2D eigenvalue weighted by Crippen LogP contribution is -2.15. The predicted molar refractivity (Wildman–Crippen MR) is 80.1 cm³/mol. The van der Waals surface area contributed by atoms with Crippen molar-refractivity contribution in [1.82, 2.24) is 0 Å². The van der Waals surface area contributed by atoms with E-state index in [2.05, 4.69) is 32.2 Å². The third-order valence-electron chi connectivity index (χ3n) is 3.78. The molecule has 108 valence electrons. The maximum Gasteiger partial charge on any atom is 0.0828 e. The molecule has 2 atom stereocenters. The molecular weight excluding hydrogens is 240 g/mol. The number of ether oxygens (including phenoxy) is 1. The van der Waals surface area contributed by atoms with E-state index < -0.39 is 0 Å². The van der Waals surface area contributed by atoms with Gasteiger partial charge >= 0.3 is 0 Å². The predicted octanol–water partition coefficient (Wildman–Crippen LogP) is 2.54. The second-order valence-electron chi connectivity index (χ2n) is 5.11. The maximum atomic E-state index is 5.82. The van der Waals surface area contributed by atoms with Gasteiger partial charge in [-0.05, 0) is 38.2 Å². The number of rotatable bonds is 1. The van der Waals surface area contributed by atoms with Crippen molar-refractivity contribution in [2.75, 3.05) is 6.61 Å². The van der Waals surface area contributed by atoms with Crippen LogP contribution in [0.15, 0.2) is 48.1 Å². The standard InChI is InChI=1S/C16H22O.2H2O/c1-4-14-7-5-6-12(2)10-16-15(9-8-14)13(3)11-17-16;;/h4,7,10,15-16H,1,3,5-6,8-9,11H2,2H3;2*1H2/b12-10+,14-7-;;/t15-,16+;;/m0../s1. The lowest BCUT2D eigenvalue weighted by atomic mass is 9.88. The van der Waals surface area contributed by atoms with Crippen molar-refractivity contribution < 1.29 is 15.7 Å². The molecule has 1 heterocycles. The SMILES string of the molecule is C=C/C1=C/CC/C(C)=C/[C@H]2OCC(=C)[C@@H]2CC1.O.O. The molecule has 3 nitrogen and oxygen atoms in total. The molecule has 0 aromatic rings. The van der Waals surface area contributed by atoms with Crippen LogP contribution < -0.4 is 0 Å². The lowest BCUT2D eigenvalue weighted by Gasteiger charge is -2.18. The summed E-state index contributed by atoms with van der Waals surface area (Å²) in [5.41, 5.74) is 4.05. The fourth-order valence-corrected chi connectivity index (χ4v) is 2.65. The van der Waals surface area contributed by atoms with Gasteiger partial charge in [0.2, 0.25) is 0 Å². The minimum Gasteiger partial charge on any atom is -0.412 e. The van der Waals surface area contributed by atoms with Crippen molar-refractivity contribution >= 4 is 0 Å². The first-order chi connectivity index (χ1) is 8.20. The van der Waals surface area contributed by atoms with E-state index in [1.165, 1.54) is 16.7 Å². The Kier molecular flexibility index (Phi) is 7.61. The zero-order valence-electron chi connectivity index (χ0n) is 11.7. The Morgan fingerprint density at radius 1 is 1.32 bits per heavy atom. The summed E-state index contributed by atoms with van der Waals surface area (Å²) in [4.78, 5) is 0. The van der Waals surface area contributed by atoms with Crippen molar-refractivity contribution in [3.05, 3.63) is 48.1 Å². The highest BCUT2D eigenvalue weighted by molar-refractivity contribution is 5.22. The Balaban J connectivity index is 0.00000162. The summed E-state index contributed by atoms with van der Waals surface area (Å²) < 4.78 is 5.82. The molecule has 0 amide bonds. The molecule has 3 heteroatoms. The lowest BCUT2D eigenvalue weighted by molar-refractivity contribution is 0.125. The zero-order valence-corrected chi connectivity index (χ0v) is 11.7. The van der Waals surface area contributed by atoms with Crippen LogP contribution in [0.2, 0.25) is 0 Å². The summed E-state index contributed by atoms with van der Waals surface area (Å²) in [6.45, 7) is 11.0. The fraction of sp³-hybridized carbons (Fsp3) is 0.500. The summed E-state index contributed by atoms with van der Waals surface area (Å²) in [6, 6.07) is 0. The second-order valence-corrected chi connectivity index (χ2v) is 5.11. The average molecular weight is 266 g/mol. The first-order valence-corrected chi connectivity index (χ1v) is 6.48. The van der Waals surface area contributed by atoms with Crippen LogP contribution in [-0.4, -0.2) is 23.7 Å². The zero-order chi connectivity index (χ0) is 12.3. The van der Waals surface area contributed by atoms with E-state index in [0.29, 0.717) is 5.92 Å². The van der Waals surface area contributed by atoms with Crippen LogP contribution in [0.5, 0.6) is 0 Å². The highest BCUT2D eigenvalue weighted by Gasteiger charge is 2.29. The minimum atomic E-state index is 0. The molecule has 2 rings (SSSR count). The van der Waals surface area contributed by atoms with E-state index in [4.69, 9.17) is 4.74 Å². The van der Waals surface area contributed by atoms with Crippen LogP contribution in [0.4, 0.5) is 0 Å². The Labute approximate surface area is 116 Å². The quantitative estimate of drug-likeness (QED) is 0.672. The molecule has 1 fully saturated rings. The van der Waals surface area contributed by atoms with Gasteiger partial charge in [0.1, 0.15) is 0 Å². The number of hydrogen-bond donors (Lipinski definition) is 0. The van der Waals surface area contributed by atoms with Crippen LogP contribution >= 0.6 is 0 Å². The maximum absolute atomic E-state index is 5.82. The van der Waals surface area contributed by atoms with Crippen molar-refractivity contribution in [1.29, 1.82) is 0 Å². The molecule has 1 aliphatic carbocycles. The van der Waals surface area contributed by atoms with Gasteiger partial charge in [-0.25, -0.2) is 0 Å². The van der Waals surface area contributed by atoms with Crippen LogP contribution in [0, 0.1) is 5.92 Å². The summed E-state index contributed by atoms with van der Waals surface area (Å²) >= 11 is 0. The molecule has 1 saturated heterocycles. The highest BCUT2D eigenvalue weighted by atomic mass is 16.5. The minimum absolute atomic E-state index is 0. The Morgan fingerprint density at radius 3 is 2.74 bits per heavy atom. The molecule has 0 spiro atoms. The number of hydrogen-bond acceptors (Lipinski definition) is 1. The van der Waals surface area contributed by atoms with Gasteiger partial charge in [-0.1, -0.05) is 42.5 Å². The Morgan fingerprint density at radius 2 is 2.05 bits per heavy atom. The van der Waals surface area contributed by atoms with Gasteiger partial charge in [-0.2, -0.15) is 0 Å². The average Bonchev–Trinajstić information content (AvgIpc) is 2.65. The van der Waals surface area contributed by atoms with Gasteiger partial charge in [-0.15, -0.1) is 0 Å². The highest BCUT2D eigenvalue weighted by Crippen LogP contribution is 2.33. The van der Waals surface area contributed by atoms with E-state index >= 15 is 0 Å². The molecule has 0 radical (unpaired) electrons. The van der Waals surface area contributed by atoms with E-state index in [1.807, 2.05) is 6.08 Å². The van der Waals surface area contributed by atoms with Gasteiger partial charge in [0, 0.05) is 5.92 Å². The number of fused-ring (bicyclic) bond motifs is 1. The Bertz CT molecular complexity index is 379. The first-order valence-electron chi connectivity index (χ1n) is 6.48. The van der Waals surface area contributed by atoms with Crippen LogP contribution in [0.1, 0.15) is 32.6 Å². The van der Waals surface area contributed by atoms with E-state index in [-0.39, 0.29) is 17.1 Å². The topological polar surface area (TPSA) is 72.2 Å². The summed E-state index contributed by atoms with van der Waals surface area (Å²) in [6.07, 6.45) is 11.3. The number of allylic oxidation sites excluding steroid dienone is 4. The third kappa shape index (κ3) is 4.46. The van der Waals surface area contributed by atoms with Crippen LogP contribution in [0.25, 0.3) is 0 Å². The van der Waals surface area contributed by atoms with Gasteiger partial charge in [-0.3, -0.25) is 0 Å². The molecule has 0 aromatic heterocycles. The normalized spacial score (nSPS) is 32.6. The molecule has 2 aliphatic rings. The van der Waals surface area contributed by atoms with Crippen molar-refractivity contribution in [3.8, 4) is 0 Å². The molecule has 1 aliphatic heterocycles. The van der Waals surface area contributed by atoms with Crippen molar-refractivity contribution in [2.45, 2.75) is 38.7 Å². The summed E-state index contributed by atoms with van der Waals surface area (Å²) in [5, 5.41) is 0. The summed E-state index contributed by atoms with van der Waals surface area (Å²) in [5.74, 6) is 0.492.